The van der Waals surface area contributed by atoms with Crippen LogP contribution in [0.15, 0.2) is 0 Å². The van der Waals surface area contributed by atoms with E-state index >= 15 is 0 Å². The standard InChI is InChI=1S/C13H27N3O2S/c1-5-16(19(4,17)18)11-7-10-15-12-13(2,3)8-6-9-14/h15H,5-8,10-12H2,1-4H3. The summed E-state index contributed by atoms with van der Waals surface area (Å²) in [6.45, 7) is 8.83. The van der Waals surface area contributed by atoms with E-state index in [1.165, 1.54) is 10.6 Å². The van der Waals surface area contributed by atoms with Crippen LogP contribution in [0, 0.1) is 16.7 Å². The summed E-state index contributed by atoms with van der Waals surface area (Å²) in [5, 5.41) is 11.9. The van der Waals surface area contributed by atoms with Crippen LogP contribution in [-0.2, 0) is 10.0 Å². The average Bonchev–Trinajstić information content (AvgIpc) is 2.29. The highest BCUT2D eigenvalue weighted by molar-refractivity contribution is 7.88. The average molecular weight is 289 g/mol. The molecule has 19 heavy (non-hydrogen) atoms. The summed E-state index contributed by atoms with van der Waals surface area (Å²) in [4.78, 5) is 0. The van der Waals surface area contributed by atoms with Crippen molar-refractivity contribution < 1.29 is 8.42 Å². The Morgan fingerprint density at radius 1 is 1.37 bits per heavy atom. The molecule has 0 amide bonds. The van der Waals surface area contributed by atoms with E-state index in [0.29, 0.717) is 19.5 Å². The number of hydrogen-bond acceptors (Lipinski definition) is 4. The Kier molecular flexibility index (Phi) is 8.23. The predicted octanol–water partition coefficient (Wildman–Crippen LogP) is 1.58. The van der Waals surface area contributed by atoms with Crippen molar-refractivity contribution in [3.8, 4) is 6.07 Å². The van der Waals surface area contributed by atoms with Crippen LogP contribution in [0.2, 0.25) is 0 Å². The highest BCUT2D eigenvalue weighted by atomic mass is 32.2. The zero-order valence-corrected chi connectivity index (χ0v) is 13.4. The summed E-state index contributed by atoms with van der Waals surface area (Å²) in [5.41, 5.74) is 0.108. The molecule has 6 heteroatoms. The van der Waals surface area contributed by atoms with E-state index in [9.17, 15) is 8.42 Å². The summed E-state index contributed by atoms with van der Waals surface area (Å²) in [5.74, 6) is 0. The van der Waals surface area contributed by atoms with Crippen molar-refractivity contribution in [2.45, 2.75) is 40.0 Å². The zero-order chi connectivity index (χ0) is 14.9. The molecule has 0 radical (unpaired) electrons. The fourth-order valence-electron chi connectivity index (χ4n) is 1.85. The van der Waals surface area contributed by atoms with Crippen LogP contribution in [-0.4, -0.2) is 45.2 Å². The molecule has 0 unspecified atom stereocenters. The normalized spacial score (nSPS) is 12.6. The molecule has 0 bridgehead atoms. The van der Waals surface area contributed by atoms with Gasteiger partial charge in [-0.2, -0.15) is 5.26 Å². The summed E-state index contributed by atoms with van der Waals surface area (Å²) >= 11 is 0. The van der Waals surface area contributed by atoms with Crippen LogP contribution in [0.5, 0.6) is 0 Å². The number of nitrogens with zero attached hydrogens (tertiary/aromatic N) is 2. The van der Waals surface area contributed by atoms with Crippen LogP contribution in [0.1, 0.15) is 40.0 Å². The molecule has 0 aliphatic rings. The Hall–Kier alpha value is -0.640. The highest BCUT2D eigenvalue weighted by Crippen LogP contribution is 2.20. The largest absolute Gasteiger partial charge is 0.316 e. The van der Waals surface area contributed by atoms with E-state index in [4.69, 9.17) is 5.26 Å². The van der Waals surface area contributed by atoms with Crippen molar-refractivity contribution in [3.63, 3.8) is 0 Å². The van der Waals surface area contributed by atoms with Gasteiger partial charge in [-0.3, -0.25) is 0 Å². The minimum Gasteiger partial charge on any atom is -0.316 e. The molecule has 0 aromatic rings. The van der Waals surface area contributed by atoms with Crippen LogP contribution >= 0.6 is 0 Å². The van der Waals surface area contributed by atoms with E-state index in [1.54, 1.807) is 0 Å². The molecule has 0 aromatic carbocycles. The molecule has 0 aliphatic heterocycles. The Labute approximate surface area is 118 Å². The van der Waals surface area contributed by atoms with Gasteiger partial charge in [0, 0.05) is 26.1 Å². The van der Waals surface area contributed by atoms with E-state index in [1.807, 2.05) is 6.92 Å². The van der Waals surface area contributed by atoms with Gasteiger partial charge in [0.25, 0.3) is 0 Å². The van der Waals surface area contributed by atoms with Gasteiger partial charge in [0.1, 0.15) is 0 Å². The summed E-state index contributed by atoms with van der Waals surface area (Å²) < 4.78 is 24.2. The fraction of sp³-hybridized carbons (Fsp3) is 0.923. The van der Waals surface area contributed by atoms with E-state index in [-0.39, 0.29) is 5.41 Å². The number of sulfonamides is 1. The zero-order valence-electron chi connectivity index (χ0n) is 12.6. The van der Waals surface area contributed by atoms with Gasteiger partial charge < -0.3 is 5.32 Å². The molecule has 0 saturated carbocycles. The number of nitriles is 1. The molecular formula is C13H27N3O2S. The van der Waals surface area contributed by atoms with Crippen molar-refractivity contribution in [1.29, 1.82) is 5.26 Å². The Morgan fingerprint density at radius 2 is 2.00 bits per heavy atom. The molecule has 0 fully saturated rings. The van der Waals surface area contributed by atoms with E-state index in [0.717, 1.165) is 25.9 Å². The second kappa shape index (κ2) is 8.51. The predicted molar refractivity (Wildman–Crippen MR) is 78.2 cm³/mol. The first-order valence-electron chi connectivity index (χ1n) is 6.76. The number of rotatable bonds is 10. The van der Waals surface area contributed by atoms with Crippen LogP contribution in [0.3, 0.4) is 0 Å². The minimum atomic E-state index is -3.07. The topological polar surface area (TPSA) is 73.2 Å². The first kappa shape index (κ1) is 18.4. The molecule has 0 saturated heterocycles. The van der Waals surface area contributed by atoms with Gasteiger partial charge in [0.2, 0.25) is 10.0 Å². The van der Waals surface area contributed by atoms with Gasteiger partial charge in [-0.15, -0.1) is 0 Å². The second-order valence-electron chi connectivity index (χ2n) is 5.61. The molecule has 0 aromatic heterocycles. The van der Waals surface area contributed by atoms with Crippen molar-refractivity contribution >= 4 is 10.0 Å². The molecule has 0 rings (SSSR count). The van der Waals surface area contributed by atoms with Crippen LogP contribution < -0.4 is 5.32 Å². The summed E-state index contributed by atoms with van der Waals surface area (Å²) in [7, 11) is -3.07. The van der Waals surface area contributed by atoms with Crippen molar-refractivity contribution in [2.24, 2.45) is 5.41 Å². The molecule has 0 atom stereocenters. The Bertz CT molecular complexity index is 385. The second-order valence-corrected chi connectivity index (χ2v) is 7.59. The Balaban J connectivity index is 3.84. The maximum atomic E-state index is 11.4. The van der Waals surface area contributed by atoms with Gasteiger partial charge >= 0.3 is 0 Å². The van der Waals surface area contributed by atoms with Crippen molar-refractivity contribution in [3.05, 3.63) is 0 Å². The van der Waals surface area contributed by atoms with Gasteiger partial charge in [-0.25, -0.2) is 12.7 Å². The lowest BCUT2D eigenvalue weighted by molar-refractivity contribution is 0.314. The molecule has 0 aliphatic carbocycles. The maximum absolute atomic E-state index is 11.4. The lowest BCUT2D eigenvalue weighted by Gasteiger charge is -2.24. The van der Waals surface area contributed by atoms with Gasteiger partial charge in [0.15, 0.2) is 0 Å². The van der Waals surface area contributed by atoms with E-state index < -0.39 is 10.0 Å². The third-order valence-electron chi connectivity index (χ3n) is 3.10. The first-order valence-corrected chi connectivity index (χ1v) is 8.60. The van der Waals surface area contributed by atoms with Crippen LogP contribution in [0.4, 0.5) is 0 Å². The van der Waals surface area contributed by atoms with Gasteiger partial charge in [0.05, 0.1) is 12.3 Å². The number of hydrogen-bond donors (Lipinski definition) is 1. The SMILES string of the molecule is CCN(CCCNCC(C)(C)CCC#N)S(C)(=O)=O. The molecule has 112 valence electrons. The quantitative estimate of drug-likeness (QED) is 0.620. The highest BCUT2D eigenvalue weighted by Gasteiger charge is 2.17. The first-order chi connectivity index (χ1) is 8.73. The van der Waals surface area contributed by atoms with Gasteiger partial charge in [-0.1, -0.05) is 20.8 Å². The van der Waals surface area contributed by atoms with Crippen molar-refractivity contribution in [1.82, 2.24) is 9.62 Å². The third kappa shape index (κ3) is 8.98. The van der Waals surface area contributed by atoms with Crippen molar-refractivity contribution in [2.75, 3.05) is 32.4 Å². The minimum absolute atomic E-state index is 0.108. The lowest BCUT2D eigenvalue weighted by Crippen LogP contribution is -2.34. The molecular weight excluding hydrogens is 262 g/mol. The molecule has 5 nitrogen and oxygen atoms in total. The lowest BCUT2D eigenvalue weighted by atomic mass is 9.88. The smallest absolute Gasteiger partial charge is 0.211 e. The molecule has 0 heterocycles. The molecule has 0 spiro atoms. The monoisotopic (exact) mass is 289 g/mol. The maximum Gasteiger partial charge on any atom is 0.211 e. The Morgan fingerprint density at radius 3 is 2.47 bits per heavy atom. The molecule has 1 N–H and O–H groups in total. The fourth-order valence-corrected chi connectivity index (χ4v) is 2.78. The van der Waals surface area contributed by atoms with Gasteiger partial charge in [-0.05, 0) is 24.8 Å². The third-order valence-corrected chi connectivity index (χ3v) is 4.48. The summed E-state index contributed by atoms with van der Waals surface area (Å²) in [6, 6.07) is 2.16. The number of nitrogens with one attached hydrogen (secondary N) is 1. The van der Waals surface area contributed by atoms with E-state index in [2.05, 4.69) is 25.2 Å². The summed E-state index contributed by atoms with van der Waals surface area (Å²) in [6.07, 6.45) is 3.50. The van der Waals surface area contributed by atoms with Crippen LogP contribution in [0.25, 0.3) is 0 Å².